The third-order valence-electron chi connectivity index (χ3n) is 6.43. The van der Waals surface area contributed by atoms with Crippen LogP contribution in [0.5, 0.6) is 0 Å². The fourth-order valence-electron chi connectivity index (χ4n) is 4.43. The molecule has 0 aliphatic carbocycles. The van der Waals surface area contributed by atoms with E-state index in [1.54, 1.807) is 24.3 Å². The average molecular weight is 531 g/mol. The number of nitrogens with zero attached hydrogens (tertiary/aromatic N) is 2. The summed E-state index contributed by atoms with van der Waals surface area (Å²) in [6.07, 6.45) is 6.27. The average Bonchev–Trinajstić information content (AvgIpc) is 2.99. The van der Waals surface area contributed by atoms with E-state index < -0.39 is 11.8 Å². The van der Waals surface area contributed by atoms with Crippen LogP contribution in [0.3, 0.4) is 0 Å². The topological polar surface area (TPSA) is 106 Å². The van der Waals surface area contributed by atoms with Gasteiger partial charge in [-0.05, 0) is 53.3 Å². The first-order valence-corrected chi connectivity index (χ1v) is 13.5. The molecular formula is C34H34N4O2. The van der Waals surface area contributed by atoms with Gasteiger partial charge in [0, 0.05) is 0 Å². The number of nitrogens with one attached hydrogen (secondary N) is 2. The molecule has 0 fully saturated rings. The van der Waals surface area contributed by atoms with Gasteiger partial charge in [-0.15, -0.1) is 0 Å². The summed E-state index contributed by atoms with van der Waals surface area (Å²) in [7, 11) is 0. The molecule has 202 valence electrons. The second-order valence-corrected chi connectivity index (χ2v) is 9.46. The molecular weight excluding hydrogens is 496 g/mol. The van der Waals surface area contributed by atoms with Gasteiger partial charge in [-0.25, -0.2) is 0 Å². The SMILES string of the molecule is CCC[C@H](NC(=O)/C(C#N)=C/c1cccc(/C=C(\C#N)C(=O)N[C@@H](CCC)c2ccccc2)c1)c1ccccc1. The summed E-state index contributed by atoms with van der Waals surface area (Å²) in [5.74, 6) is -0.906. The molecule has 6 nitrogen and oxygen atoms in total. The molecule has 2 N–H and O–H groups in total. The first kappa shape index (κ1) is 29.6. The predicted octanol–water partition coefficient (Wildman–Crippen LogP) is 6.82. The fourth-order valence-corrected chi connectivity index (χ4v) is 4.43. The normalized spacial score (nSPS) is 12.9. The van der Waals surface area contributed by atoms with Crippen molar-refractivity contribution in [2.75, 3.05) is 0 Å². The van der Waals surface area contributed by atoms with E-state index >= 15 is 0 Å². The van der Waals surface area contributed by atoms with E-state index in [2.05, 4.69) is 10.6 Å². The maximum absolute atomic E-state index is 13.0. The van der Waals surface area contributed by atoms with Crippen molar-refractivity contribution in [1.82, 2.24) is 10.6 Å². The molecule has 0 aliphatic heterocycles. The molecule has 2 amide bonds. The lowest BCUT2D eigenvalue weighted by Gasteiger charge is -2.18. The van der Waals surface area contributed by atoms with E-state index in [9.17, 15) is 20.1 Å². The van der Waals surface area contributed by atoms with Crippen molar-refractivity contribution >= 4 is 24.0 Å². The monoisotopic (exact) mass is 530 g/mol. The maximum atomic E-state index is 13.0. The van der Waals surface area contributed by atoms with Crippen LogP contribution in [0.1, 0.15) is 73.9 Å². The molecule has 3 aromatic rings. The van der Waals surface area contributed by atoms with Crippen LogP contribution in [-0.4, -0.2) is 11.8 Å². The van der Waals surface area contributed by atoms with E-state index in [0.29, 0.717) is 11.1 Å². The van der Waals surface area contributed by atoms with Crippen molar-refractivity contribution in [3.63, 3.8) is 0 Å². The number of hydrogen-bond donors (Lipinski definition) is 2. The van der Waals surface area contributed by atoms with Gasteiger partial charge in [0.15, 0.2) is 0 Å². The van der Waals surface area contributed by atoms with Gasteiger partial charge in [-0.1, -0.05) is 106 Å². The Kier molecular flexibility index (Phi) is 11.5. The van der Waals surface area contributed by atoms with Crippen LogP contribution in [0.25, 0.3) is 12.2 Å². The third-order valence-corrected chi connectivity index (χ3v) is 6.43. The van der Waals surface area contributed by atoms with Crippen LogP contribution >= 0.6 is 0 Å². The van der Waals surface area contributed by atoms with Crippen molar-refractivity contribution in [2.24, 2.45) is 0 Å². The van der Waals surface area contributed by atoms with Crippen LogP contribution in [0.4, 0.5) is 0 Å². The summed E-state index contributed by atoms with van der Waals surface area (Å²) in [5.41, 5.74) is 3.13. The molecule has 0 heterocycles. The van der Waals surface area contributed by atoms with E-state index in [-0.39, 0.29) is 23.2 Å². The molecule has 0 aromatic heterocycles. The molecule has 40 heavy (non-hydrogen) atoms. The third kappa shape index (κ3) is 8.55. The molecule has 2 atom stereocenters. The lowest BCUT2D eigenvalue weighted by molar-refractivity contribution is -0.118. The number of nitriles is 2. The van der Waals surface area contributed by atoms with Crippen molar-refractivity contribution in [3.8, 4) is 12.1 Å². The summed E-state index contributed by atoms with van der Waals surface area (Å²) in [5, 5.41) is 25.4. The van der Waals surface area contributed by atoms with Gasteiger partial charge in [0.25, 0.3) is 11.8 Å². The highest BCUT2D eigenvalue weighted by Gasteiger charge is 2.18. The smallest absolute Gasteiger partial charge is 0.262 e. The Labute approximate surface area is 236 Å². The predicted molar refractivity (Wildman–Crippen MR) is 158 cm³/mol. The van der Waals surface area contributed by atoms with Crippen LogP contribution in [0.15, 0.2) is 96.1 Å². The molecule has 0 aliphatic rings. The molecule has 0 radical (unpaired) electrons. The van der Waals surface area contributed by atoms with Crippen molar-refractivity contribution < 1.29 is 9.59 Å². The Bertz CT molecular complexity index is 1320. The largest absolute Gasteiger partial charge is 0.345 e. The quantitative estimate of drug-likeness (QED) is 0.198. The number of carbonyl (C=O) groups is 2. The number of rotatable bonds is 12. The number of benzene rings is 3. The van der Waals surface area contributed by atoms with E-state index in [4.69, 9.17) is 0 Å². The molecule has 0 bridgehead atoms. The lowest BCUT2D eigenvalue weighted by Crippen LogP contribution is -2.29. The Balaban J connectivity index is 1.79. The zero-order valence-corrected chi connectivity index (χ0v) is 22.9. The highest BCUT2D eigenvalue weighted by Crippen LogP contribution is 2.21. The maximum Gasteiger partial charge on any atom is 0.262 e. The summed E-state index contributed by atoms with van der Waals surface area (Å²) < 4.78 is 0. The summed E-state index contributed by atoms with van der Waals surface area (Å²) in [4.78, 5) is 26.0. The van der Waals surface area contributed by atoms with Crippen molar-refractivity contribution in [2.45, 2.75) is 51.6 Å². The van der Waals surface area contributed by atoms with Gasteiger partial charge in [-0.3, -0.25) is 9.59 Å². The van der Waals surface area contributed by atoms with Crippen LogP contribution < -0.4 is 10.6 Å². The Morgan fingerprint density at radius 3 is 1.43 bits per heavy atom. The summed E-state index contributed by atoms with van der Waals surface area (Å²) >= 11 is 0. The standard InChI is InChI=1S/C34H34N4O2/c1-3-12-31(27-16-7-5-8-17-27)37-33(39)29(23-35)21-25-14-11-15-26(20-25)22-30(24-36)34(40)38-32(13-4-2)28-18-9-6-10-19-28/h5-11,14-22,31-32H,3-4,12-13H2,1-2H3,(H,37,39)(H,38,40)/b29-21+,30-22+/t31-,32-/m0/s1. The first-order valence-electron chi connectivity index (χ1n) is 13.5. The number of carbonyl (C=O) groups excluding carboxylic acids is 2. The second kappa shape index (κ2) is 15.5. The molecule has 3 rings (SSSR count). The van der Waals surface area contributed by atoms with E-state index in [0.717, 1.165) is 36.8 Å². The van der Waals surface area contributed by atoms with Crippen molar-refractivity contribution in [1.29, 1.82) is 10.5 Å². The molecule has 0 unspecified atom stereocenters. The highest BCUT2D eigenvalue weighted by molar-refractivity contribution is 6.03. The van der Waals surface area contributed by atoms with Crippen LogP contribution in [0.2, 0.25) is 0 Å². The van der Waals surface area contributed by atoms with E-state index in [1.807, 2.05) is 86.6 Å². The molecule has 3 aromatic carbocycles. The zero-order valence-electron chi connectivity index (χ0n) is 22.9. The summed E-state index contributed by atoms with van der Waals surface area (Å²) in [6.45, 7) is 4.09. The van der Waals surface area contributed by atoms with Crippen molar-refractivity contribution in [3.05, 3.63) is 118 Å². The molecule has 0 saturated carbocycles. The number of hydrogen-bond acceptors (Lipinski definition) is 4. The van der Waals surface area contributed by atoms with Crippen LogP contribution in [-0.2, 0) is 9.59 Å². The molecule has 0 saturated heterocycles. The minimum Gasteiger partial charge on any atom is -0.345 e. The first-order chi connectivity index (χ1) is 19.5. The molecule has 0 spiro atoms. The lowest BCUT2D eigenvalue weighted by atomic mass is 10.0. The summed E-state index contributed by atoms with van der Waals surface area (Å²) in [6, 6.07) is 30.0. The second-order valence-electron chi connectivity index (χ2n) is 9.46. The minimum absolute atomic E-state index is 0.0262. The van der Waals surface area contributed by atoms with Crippen LogP contribution in [0, 0.1) is 22.7 Å². The fraction of sp³-hybridized carbons (Fsp3) is 0.235. The zero-order chi connectivity index (χ0) is 28.7. The van der Waals surface area contributed by atoms with Gasteiger partial charge in [0.2, 0.25) is 0 Å². The Morgan fingerprint density at radius 1 is 0.675 bits per heavy atom. The van der Waals surface area contributed by atoms with Gasteiger partial charge in [0.1, 0.15) is 23.3 Å². The van der Waals surface area contributed by atoms with Gasteiger partial charge in [-0.2, -0.15) is 10.5 Å². The van der Waals surface area contributed by atoms with Gasteiger partial charge < -0.3 is 10.6 Å². The number of amides is 2. The minimum atomic E-state index is -0.453. The molecule has 6 heteroatoms. The highest BCUT2D eigenvalue weighted by atomic mass is 16.2. The van der Waals surface area contributed by atoms with E-state index in [1.165, 1.54) is 12.2 Å². The van der Waals surface area contributed by atoms with Gasteiger partial charge >= 0.3 is 0 Å². The Morgan fingerprint density at radius 2 is 1.07 bits per heavy atom. The van der Waals surface area contributed by atoms with Gasteiger partial charge in [0.05, 0.1) is 12.1 Å². The Hall–Kier alpha value is -4.94.